The van der Waals surface area contributed by atoms with Gasteiger partial charge in [-0.2, -0.15) is 10.2 Å². The van der Waals surface area contributed by atoms with Crippen LogP contribution in [0.15, 0.2) is 75.6 Å². The Labute approximate surface area is 187 Å². The topological polar surface area (TPSA) is 146 Å². The molecule has 3 aromatic heterocycles. The van der Waals surface area contributed by atoms with Crippen LogP contribution in [0.2, 0.25) is 0 Å². The number of aryl methyl sites for hydroxylation is 1. The number of H-pyrrole nitrogens is 1. The standard InChI is InChI=1S/C22H18N6O4S/c1-27-18-6-5-15(33(31,32)19-7-8-24-26-19)10-16(18)17-11-25-28(22(30)20(17)27)12-13-3-2-4-14(9-13)21(23)29/h2-11H,12H2,1H3,(H2,23,29)(H,24,26). The van der Waals surface area contributed by atoms with Gasteiger partial charge in [-0.1, -0.05) is 12.1 Å². The Kier molecular flexibility index (Phi) is 4.64. The number of sulfone groups is 1. The molecule has 1 amide bonds. The minimum absolute atomic E-state index is 0.0132. The molecule has 5 aromatic rings. The molecular weight excluding hydrogens is 444 g/mol. The maximum absolute atomic E-state index is 13.3. The normalized spacial score (nSPS) is 11.9. The first-order chi connectivity index (χ1) is 15.8. The Morgan fingerprint density at radius 2 is 1.94 bits per heavy atom. The van der Waals surface area contributed by atoms with Gasteiger partial charge < -0.3 is 10.3 Å². The Morgan fingerprint density at radius 1 is 1.12 bits per heavy atom. The third kappa shape index (κ3) is 3.29. The molecule has 10 nitrogen and oxygen atoms in total. The molecule has 3 heterocycles. The second kappa shape index (κ2) is 7.41. The SMILES string of the molecule is Cn1c2ccc(S(=O)(=O)c3ccn[nH]3)cc2c2cnn(Cc3cccc(C(N)=O)c3)c(=O)c21. The summed E-state index contributed by atoms with van der Waals surface area (Å²) < 4.78 is 28.8. The van der Waals surface area contributed by atoms with Crippen LogP contribution in [0.5, 0.6) is 0 Å². The van der Waals surface area contributed by atoms with E-state index in [1.54, 1.807) is 48.1 Å². The van der Waals surface area contributed by atoms with E-state index in [2.05, 4.69) is 15.3 Å². The van der Waals surface area contributed by atoms with Gasteiger partial charge in [-0.3, -0.25) is 14.7 Å². The van der Waals surface area contributed by atoms with Crippen LogP contribution in [-0.2, 0) is 23.4 Å². The van der Waals surface area contributed by atoms with Crippen molar-refractivity contribution in [2.24, 2.45) is 12.8 Å². The molecule has 33 heavy (non-hydrogen) atoms. The molecular formula is C22H18N6O4S. The minimum atomic E-state index is -3.79. The van der Waals surface area contributed by atoms with Crippen LogP contribution in [0.1, 0.15) is 15.9 Å². The predicted octanol–water partition coefficient (Wildman–Crippen LogP) is 1.59. The summed E-state index contributed by atoms with van der Waals surface area (Å²) in [5, 5.41) is 11.6. The van der Waals surface area contributed by atoms with E-state index in [1.807, 2.05) is 0 Å². The number of aromatic amines is 1. The molecule has 0 aliphatic carbocycles. The number of carbonyl (C=O) groups excluding carboxylic acids is 1. The van der Waals surface area contributed by atoms with Crippen LogP contribution >= 0.6 is 0 Å². The van der Waals surface area contributed by atoms with Crippen LogP contribution in [-0.4, -0.2) is 38.9 Å². The molecule has 0 saturated carbocycles. The number of rotatable bonds is 5. The summed E-state index contributed by atoms with van der Waals surface area (Å²) in [6, 6.07) is 12.8. The lowest BCUT2D eigenvalue weighted by Crippen LogP contribution is -2.24. The van der Waals surface area contributed by atoms with Crippen LogP contribution in [0.4, 0.5) is 0 Å². The number of hydrogen-bond donors (Lipinski definition) is 2. The number of aromatic nitrogens is 5. The molecule has 0 aliphatic heterocycles. The molecule has 0 atom stereocenters. The summed E-state index contributed by atoms with van der Waals surface area (Å²) in [4.78, 5) is 24.8. The van der Waals surface area contributed by atoms with Crippen molar-refractivity contribution >= 4 is 37.6 Å². The average Bonchev–Trinajstić information content (AvgIpc) is 3.44. The quantitative estimate of drug-likeness (QED) is 0.406. The Bertz CT molecular complexity index is 1720. The number of carbonyl (C=O) groups is 1. The van der Waals surface area contributed by atoms with Crippen molar-refractivity contribution in [2.45, 2.75) is 16.5 Å². The molecule has 0 fully saturated rings. The van der Waals surface area contributed by atoms with Crippen molar-refractivity contribution < 1.29 is 13.2 Å². The van der Waals surface area contributed by atoms with Gasteiger partial charge in [-0.15, -0.1) is 0 Å². The molecule has 11 heteroatoms. The number of amides is 1. The fraction of sp³-hybridized carbons (Fsp3) is 0.0909. The highest BCUT2D eigenvalue weighted by molar-refractivity contribution is 7.91. The van der Waals surface area contributed by atoms with E-state index in [0.717, 1.165) is 0 Å². The lowest BCUT2D eigenvalue weighted by Gasteiger charge is -2.06. The van der Waals surface area contributed by atoms with Crippen LogP contribution in [0.3, 0.4) is 0 Å². The van der Waals surface area contributed by atoms with E-state index in [-0.39, 0.29) is 22.0 Å². The number of hydrogen-bond acceptors (Lipinski definition) is 6. The summed E-state index contributed by atoms with van der Waals surface area (Å²) >= 11 is 0. The molecule has 0 saturated heterocycles. The minimum Gasteiger partial charge on any atom is -0.366 e. The molecule has 3 N–H and O–H groups in total. The number of nitrogens with one attached hydrogen (secondary N) is 1. The molecule has 5 rings (SSSR count). The first-order valence-electron chi connectivity index (χ1n) is 9.89. The van der Waals surface area contributed by atoms with Gasteiger partial charge in [0.15, 0.2) is 5.03 Å². The highest BCUT2D eigenvalue weighted by Crippen LogP contribution is 2.29. The second-order valence-corrected chi connectivity index (χ2v) is 9.51. The van der Waals surface area contributed by atoms with E-state index in [4.69, 9.17) is 5.73 Å². The van der Waals surface area contributed by atoms with Crippen molar-refractivity contribution in [3.05, 3.63) is 82.4 Å². The van der Waals surface area contributed by atoms with Gasteiger partial charge in [0.05, 0.1) is 23.8 Å². The third-order valence-corrected chi connectivity index (χ3v) is 7.27. The van der Waals surface area contributed by atoms with Gasteiger partial charge in [0.2, 0.25) is 15.7 Å². The zero-order valence-electron chi connectivity index (χ0n) is 17.4. The number of fused-ring (bicyclic) bond motifs is 3. The van der Waals surface area contributed by atoms with Gasteiger partial charge in [0, 0.05) is 28.9 Å². The van der Waals surface area contributed by atoms with E-state index in [1.165, 1.54) is 29.1 Å². The average molecular weight is 462 g/mol. The molecule has 0 spiro atoms. The van der Waals surface area contributed by atoms with Crippen molar-refractivity contribution in [3.8, 4) is 0 Å². The van der Waals surface area contributed by atoms with Crippen molar-refractivity contribution in [1.82, 2.24) is 24.5 Å². The highest BCUT2D eigenvalue weighted by atomic mass is 32.2. The number of nitrogens with zero attached hydrogens (tertiary/aromatic N) is 4. The van der Waals surface area contributed by atoms with Crippen LogP contribution in [0, 0.1) is 0 Å². The van der Waals surface area contributed by atoms with Crippen LogP contribution in [0.25, 0.3) is 21.8 Å². The van der Waals surface area contributed by atoms with E-state index < -0.39 is 15.7 Å². The Balaban J connectivity index is 1.64. The molecule has 166 valence electrons. The first kappa shape index (κ1) is 20.6. The van der Waals surface area contributed by atoms with Gasteiger partial charge in [-0.05, 0) is 42.0 Å². The maximum atomic E-state index is 13.3. The van der Waals surface area contributed by atoms with Gasteiger partial charge in [-0.25, -0.2) is 13.1 Å². The lowest BCUT2D eigenvalue weighted by atomic mass is 10.1. The zero-order valence-corrected chi connectivity index (χ0v) is 18.2. The Morgan fingerprint density at radius 3 is 2.67 bits per heavy atom. The fourth-order valence-corrected chi connectivity index (χ4v) is 5.13. The summed E-state index contributed by atoms with van der Waals surface area (Å²) in [5.74, 6) is -0.554. The monoisotopic (exact) mass is 462 g/mol. The fourth-order valence-electron chi connectivity index (χ4n) is 3.94. The van der Waals surface area contributed by atoms with Crippen molar-refractivity contribution in [1.29, 1.82) is 0 Å². The third-order valence-electron chi connectivity index (χ3n) is 5.59. The molecule has 2 aromatic carbocycles. The summed E-state index contributed by atoms with van der Waals surface area (Å²) in [7, 11) is -2.04. The largest absolute Gasteiger partial charge is 0.366 e. The number of primary amides is 1. The maximum Gasteiger partial charge on any atom is 0.291 e. The molecule has 0 bridgehead atoms. The van der Waals surface area contributed by atoms with Crippen molar-refractivity contribution in [3.63, 3.8) is 0 Å². The van der Waals surface area contributed by atoms with E-state index >= 15 is 0 Å². The summed E-state index contributed by atoms with van der Waals surface area (Å²) in [6.45, 7) is 0.150. The summed E-state index contributed by atoms with van der Waals surface area (Å²) in [6.07, 6.45) is 2.92. The van der Waals surface area contributed by atoms with E-state index in [0.29, 0.717) is 32.9 Å². The van der Waals surface area contributed by atoms with Crippen molar-refractivity contribution in [2.75, 3.05) is 0 Å². The Hall–Kier alpha value is -4.25. The molecule has 0 unspecified atom stereocenters. The zero-order chi connectivity index (χ0) is 23.3. The van der Waals surface area contributed by atoms with E-state index in [9.17, 15) is 18.0 Å². The first-order valence-corrected chi connectivity index (χ1v) is 11.4. The highest BCUT2D eigenvalue weighted by Gasteiger charge is 2.22. The number of nitrogens with two attached hydrogens (primary N) is 1. The second-order valence-electron chi connectivity index (χ2n) is 7.60. The predicted molar refractivity (Wildman–Crippen MR) is 121 cm³/mol. The van der Waals surface area contributed by atoms with Gasteiger partial charge >= 0.3 is 0 Å². The smallest absolute Gasteiger partial charge is 0.291 e. The van der Waals surface area contributed by atoms with Gasteiger partial charge in [0.1, 0.15) is 5.52 Å². The van der Waals surface area contributed by atoms with Crippen LogP contribution < -0.4 is 11.3 Å². The molecule has 0 aliphatic rings. The molecule has 0 radical (unpaired) electrons. The van der Waals surface area contributed by atoms with Gasteiger partial charge in [0.25, 0.3) is 5.56 Å². The summed E-state index contributed by atoms with van der Waals surface area (Å²) in [5.41, 5.74) is 7.13. The lowest BCUT2D eigenvalue weighted by molar-refractivity contribution is 0.1000. The number of benzene rings is 2.